The van der Waals surface area contributed by atoms with Gasteiger partial charge in [0.15, 0.2) is 4.96 Å². The highest BCUT2D eigenvalue weighted by atomic mass is 32.2. The van der Waals surface area contributed by atoms with Crippen LogP contribution in [0.2, 0.25) is 0 Å². The van der Waals surface area contributed by atoms with E-state index in [9.17, 15) is 9.59 Å². The van der Waals surface area contributed by atoms with E-state index < -0.39 is 0 Å². The van der Waals surface area contributed by atoms with E-state index in [0.717, 1.165) is 34.9 Å². The van der Waals surface area contributed by atoms with Crippen LogP contribution < -0.4 is 10.9 Å². The van der Waals surface area contributed by atoms with Gasteiger partial charge in [-0.2, -0.15) is 11.8 Å². The molecule has 1 aliphatic carbocycles. The van der Waals surface area contributed by atoms with Crippen molar-refractivity contribution in [2.24, 2.45) is 0 Å². The van der Waals surface area contributed by atoms with Crippen LogP contribution in [0, 0.1) is 6.92 Å². The molecule has 1 aromatic carbocycles. The third-order valence-corrected chi connectivity index (χ3v) is 6.67. The molecule has 2 heterocycles. The van der Waals surface area contributed by atoms with Crippen LogP contribution in [0.15, 0.2) is 34.4 Å². The molecule has 4 rings (SSSR count). The van der Waals surface area contributed by atoms with Crippen LogP contribution in [0.4, 0.5) is 5.69 Å². The number of rotatable bonds is 6. The van der Waals surface area contributed by atoms with Crippen LogP contribution in [-0.2, 0) is 23.4 Å². The summed E-state index contributed by atoms with van der Waals surface area (Å²) in [6.45, 7) is 1.90. The predicted molar refractivity (Wildman–Crippen MR) is 112 cm³/mol. The lowest BCUT2D eigenvalue weighted by atomic mass is 10.1. The maximum Gasteiger partial charge on any atom is 0.258 e. The van der Waals surface area contributed by atoms with Gasteiger partial charge in [0.2, 0.25) is 5.91 Å². The maximum absolute atomic E-state index is 12.2. The van der Waals surface area contributed by atoms with Gasteiger partial charge in [0.1, 0.15) is 0 Å². The SMILES string of the molecule is Cc1csc2nc(CSCCC(=O)Nc3ccc4c(c3)CCC4)cc(=O)n12. The number of thiazole rings is 1. The van der Waals surface area contributed by atoms with E-state index in [1.165, 1.54) is 28.9 Å². The van der Waals surface area contributed by atoms with Crippen LogP contribution in [0.5, 0.6) is 0 Å². The fourth-order valence-electron chi connectivity index (χ4n) is 3.39. The van der Waals surface area contributed by atoms with Gasteiger partial charge in [-0.3, -0.25) is 14.0 Å². The number of nitrogens with one attached hydrogen (secondary N) is 1. The Bertz CT molecular complexity index is 1060. The Morgan fingerprint density at radius 3 is 3.04 bits per heavy atom. The van der Waals surface area contributed by atoms with E-state index >= 15 is 0 Å². The first kappa shape index (κ1) is 18.3. The summed E-state index contributed by atoms with van der Waals surface area (Å²) in [7, 11) is 0. The number of fused-ring (bicyclic) bond motifs is 2. The summed E-state index contributed by atoms with van der Waals surface area (Å²) >= 11 is 3.10. The van der Waals surface area contributed by atoms with Crippen LogP contribution in [0.3, 0.4) is 0 Å². The largest absolute Gasteiger partial charge is 0.326 e. The Hall–Kier alpha value is -2.12. The number of aromatic nitrogens is 2. The van der Waals surface area contributed by atoms with Crippen molar-refractivity contribution in [2.45, 2.75) is 38.4 Å². The Balaban J connectivity index is 1.27. The molecule has 0 saturated heterocycles. The van der Waals surface area contributed by atoms with Crippen molar-refractivity contribution in [3.63, 3.8) is 0 Å². The van der Waals surface area contributed by atoms with Crippen molar-refractivity contribution in [3.8, 4) is 0 Å². The van der Waals surface area contributed by atoms with Crippen molar-refractivity contribution in [1.29, 1.82) is 0 Å². The minimum atomic E-state index is -0.0382. The van der Waals surface area contributed by atoms with Gasteiger partial charge in [0, 0.05) is 40.8 Å². The van der Waals surface area contributed by atoms with Gasteiger partial charge in [-0.15, -0.1) is 11.3 Å². The van der Waals surface area contributed by atoms with E-state index in [1.807, 2.05) is 18.4 Å². The van der Waals surface area contributed by atoms with Crippen LogP contribution in [-0.4, -0.2) is 21.0 Å². The number of aryl methyl sites for hydroxylation is 3. The maximum atomic E-state index is 12.2. The van der Waals surface area contributed by atoms with Gasteiger partial charge < -0.3 is 5.32 Å². The number of thioether (sulfide) groups is 1. The number of carbonyl (C=O) groups is 1. The molecule has 7 heteroatoms. The normalized spacial score (nSPS) is 13.1. The second-order valence-electron chi connectivity index (χ2n) is 6.77. The second-order valence-corrected chi connectivity index (χ2v) is 8.71. The molecule has 0 fully saturated rings. The topological polar surface area (TPSA) is 63.5 Å². The number of amides is 1. The van der Waals surface area contributed by atoms with Gasteiger partial charge in [-0.25, -0.2) is 4.98 Å². The number of hydrogen-bond acceptors (Lipinski definition) is 5. The Morgan fingerprint density at radius 1 is 1.30 bits per heavy atom. The molecule has 0 radical (unpaired) electrons. The first-order valence-corrected chi connectivity index (χ1v) is 11.1. The quantitative estimate of drug-likeness (QED) is 0.640. The summed E-state index contributed by atoms with van der Waals surface area (Å²) in [5, 5.41) is 4.92. The molecule has 0 unspecified atom stereocenters. The molecule has 0 bridgehead atoms. The van der Waals surface area contributed by atoms with Crippen molar-refractivity contribution in [1.82, 2.24) is 9.38 Å². The molecule has 27 heavy (non-hydrogen) atoms. The number of carbonyl (C=O) groups excluding carboxylic acids is 1. The predicted octanol–water partition coefficient (Wildman–Crippen LogP) is 3.82. The number of anilines is 1. The zero-order valence-electron chi connectivity index (χ0n) is 15.2. The summed E-state index contributed by atoms with van der Waals surface area (Å²) in [6.07, 6.45) is 3.91. The molecular weight excluding hydrogens is 378 g/mol. The third kappa shape index (κ3) is 4.09. The van der Waals surface area contributed by atoms with Gasteiger partial charge in [0.05, 0.1) is 5.69 Å². The summed E-state index contributed by atoms with van der Waals surface area (Å²) in [6, 6.07) is 7.80. The molecule has 5 nitrogen and oxygen atoms in total. The lowest BCUT2D eigenvalue weighted by Crippen LogP contribution is -2.15. The average Bonchev–Trinajstić information content (AvgIpc) is 3.25. The first-order valence-electron chi connectivity index (χ1n) is 9.06. The fourth-order valence-corrected chi connectivity index (χ4v) is 5.11. The number of hydrogen-bond donors (Lipinski definition) is 1. The lowest BCUT2D eigenvalue weighted by molar-refractivity contribution is -0.115. The zero-order valence-corrected chi connectivity index (χ0v) is 16.8. The summed E-state index contributed by atoms with van der Waals surface area (Å²) in [5.41, 5.74) is 5.30. The zero-order chi connectivity index (χ0) is 18.8. The van der Waals surface area contributed by atoms with E-state index in [4.69, 9.17) is 0 Å². The lowest BCUT2D eigenvalue weighted by Gasteiger charge is -2.07. The minimum absolute atomic E-state index is 0.0257. The molecule has 0 spiro atoms. The summed E-state index contributed by atoms with van der Waals surface area (Å²) < 4.78 is 1.63. The summed E-state index contributed by atoms with van der Waals surface area (Å²) in [4.78, 5) is 29.6. The highest BCUT2D eigenvalue weighted by Gasteiger charge is 2.12. The second kappa shape index (κ2) is 7.86. The molecule has 0 atom stereocenters. The molecule has 140 valence electrons. The first-order chi connectivity index (χ1) is 13.1. The molecule has 1 aliphatic rings. The molecular formula is C20H21N3O2S2. The highest BCUT2D eigenvalue weighted by Crippen LogP contribution is 2.25. The number of benzene rings is 1. The minimum Gasteiger partial charge on any atom is -0.326 e. The molecule has 0 aliphatic heterocycles. The fraction of sp³-hybridized carbons (Fsp3) is 0.350. The Morgan fingerprint density at radius 2 is 2.15 bits per heavy atom. The van der Waals surface area contributed by atoms with Crippen molar-refractivity contribution in [2.75, 3.05) is 11.1 Å². The molecule has 1 amide bonds. The standard InChI is InChI=1S/C20H21N3O2S2/c1-13-11-27-20-22-17(10-19(25)23(13)20)12-26-8-7-18(24)21-16-6-5-14-3-2-4-15(14)9-16/h5-6,9-11H,2-4,7-8,12H2,1H3,(H,21,24). The van der Waals surface area contributed by atoms with E-state index in [1.54, 1.807) is 22.2 Å². The van der Waals surface area contributed by atoms with Crippen LogP contribution in [0.25, 0.3) is 4.96 Å². The Kier molecular flexibility index (Phi) is 5.31. The highest BCUT2D eigenvalue weighted by molar-refractivity contribution is 7.98. The molecule has 3 aromatic rings. The van der Waals surface area contributed by atoms with E-state index in [0.29, 0.717) is 17.9 Å². The van der Waals surface area contributed by atoms with E-state index in [2.05, 4.69) is 22.4 Å². The van der Waals surface area contributed by atoms with Crippen molar-refractivity contribution >= 4 is 39.7 Å². The van der Waals surface area contributed by atoms with Crippen molar-refractivity contribution < 1.29 is 4.79 Å². The molecule has 2 aromatic heterocycles. The molecule has 0 saturated carbocycles. The van der Waals surface area contributed by atoms with E-state index in [-0.39, 0.29) is 11.5 Å². The van der Waals surface area contributed by atoms with Crippen LogP contribution >= 0.6 is 23.1 Å². The monoisotopic (exact) mass is 399 g/mol. The van der Waals surface area contributed by atoms with Crippen LogP contribution in [0.1, 0.15) is 35.4 Å². The van der Waals surface area contributed by atoms with Gasteiger partial charge in [-0.1, -0.05) is 6.07 Å². The van der Waals surface area contributed by atoms with Gasteiger partial charge >= 0.3 is 0 Å². The third-order valence-electron chi connectivity index (χ3n) is 4.73. The van der Waals surface area contributed by atoms with Crippen molar-refractivity contribution in [3.05, 3.63) is 62.5 Å². The van der Waals surface area contributed by atoms with Gasteiger partial charge in [-0.05, 0) is 49.4 Å². The molecule has 1 N–H and O–H groups in total. The van der Waals surface area contributed by atoms with Gasteiger partial charge in [0.25, 0.3) is 5.56 Å². The Labute approximate surface area is 165 Å². The smallest absolute Gasteiger partial charge is 0.258 e. The number of nitrogens with zero attached hydrogens (tertiary/aromatic N) is 2. The summed E-state index contributed by atoms with van der Waals surface area (Å²) in [5.74, 6) is 1.36. The average molecular weight is 400 g/mol.